The molecule has 1 unspecified atom stereocenters. The standard InChI is InChI=1S/C28H26ClN3O6S/c1-16-19-10-11-32(24(34)9-8-17-5-2-3-6-22(17)33)15-18(19)13-20(29)25(16)27(36)31-21(28(37)38)14-30-26(35)23-7-4-12-39-23/h2-9,12-13,21,33H,10-11,14-15H2,1H3,(H,30,35)(H,31,36)(H,37,38)/b9-8+. The van der Waals surface area contributed by atoms with Gasteiger partial charge in [-0.1, -0.05) is 35.9 Å². The average molecular weight is 568 g/mol. The Balaban J connectivity index is 1.45. The number of nitrogens with zero attached hydrogens (tertiary/aromatic N) is 1. The third kappa shape index (κ3) is 6.47. The zero-order valence-electron chi connectivity index (χ0n) is 20.9. The van der Waals surface area contributed by atoms with Crippen molar-refractivity contribution >= 4 is 52.7 Å². The lowest BCUT2D eigenvalue weighted by Crippen LogP contribution is -2.48. The number of carboxylic acids is 1. The molecule has 0 spiro atoms. The van der Waals surface area contributed by atoms with Crippen LogP contribution in [0.15, 0.2) is 53.9 Å². The number of hydrogen-bond acceptors (Lipinski definition) is 6. The quantitative estimate of drug-likeness (QED) is 0.307. The Kier molecular flexibility index (Phi) is 8.68. The maximum atomic E-state index is 13.1. The highest BCUT2D eigenvalue weighted by atomic mass is 35.5. The van der Waals surface area contributed by atoms with E-state index in [0.29, 0.717) is 29.0 Å². The van der Waals surface area contributed by atoms with Crippen molar-refractivity contribution in [1.82, 2.24) is 15.5 Å². The maximum absolute atomic E-state index is 13.1. The van der Waals surface area contributed by atoms with Crippen LogP contribution in [0.2, 0.25) is 5.02 Å². The third-order valence-electron chi connectivity index (χ3n) is 6.44. The predicted octanol–water partition coefficient (Wildman–Crippen LogP) is 3.63. The van der Waals surface area contributed by atoms with Crippen LogP contribution < -0.4 is 10.6 Å². The molecule has 0 aliphatic carbocycles. The lowest BCUT2D eigenvalue weighted by molar-refractivity contribution is -0.139. The molecule has 0 saturated carbocycles. The van der Waals surface area contributed by atoms with Gasteiger partial charge in [-0.3, -0.25) is 14.4 Å². The SMILES string of the molecule is Cc1c2c(cc(Cl)c1C(=O)NC(CNC(=O)c1cccs1)C(=O)O)CN(C(=O)/C=C/c1ccccc1O)CC2. The van der Waals surface area contributed by atoms with Crippen LogP contribution in [0.4, 0.5) is 0 Å². The fraction of sp³-hybridized carbons (Fsp3) is 0.214. The van der Waals surface area contributed by atoms with Crippen LogP contribution in [0, 0.1) is 6.92 Å². The minimum Gasteiger partial charge on any atom is -0.507 e. The first-order valence-electron chi connectivity index (χ1n) is 12.1. The van der Waals surface area contributed by atoms with E-state index in [1.54, 1.807) is 65.7 Å². The summed E-state index contributed by atoms with van der Waals surface area (Å²) in [6.45, 7) is 2.13. The molecule has 1 aliphatic heterocycles. The van der Waals surface area contributed by atoms with Gasteiger partial charge in [0.25, 0.3) is 11.8 Å². The van der Waals surface area contributed by atoms with Crippen LogP contribution in [-0.4, -0.2) is 57.9 Å². The highest BCUT2D eigenvalue weighted by Crippen LogP contribution is 2.31. The summed E-state index contributed by atoms with van der Waals surface area (Å²) < 4.78 is 0. The normalized spacial score (nSPS) is 13.5. The Morgan fingerprint density at radius 2 is 1.92 bits per heavy atom. The number of fused-ring (bicyclic) bond motifs is 1. The molecule has 0 fully saturated rings. The van der Waals surface area contributed by atoms with E-state index >= 15 is 0 Å². The van der Waals surface area contributed by atoms with E-state index < -0.39 is 23.8 Å². The number of hydrogen-bond donors (Lipinski definition) is 4. The van der Waals surface area contributed by atoms with Crippen molar-refractivity contribution in [2.24, 2.45) is 0 Å². The molecule has 3 aromatic rings. The molecule has 3 amide bonds. The van der Waals surface area contributed by atoms with Gasteiger partial charge in [-0.15, -0.1) is 11.3 Å². The predicted molar refractivity (Wildman–Crippen MR) is 148 cm³/mol. The molecular weight excluding hydrogens is 542 g/mol. The summed E-state index contributed by atoms with van der Waals surface area (Å²) in [5.41, 5.74) is 2.96. The lowest BCUT2D eigenvalue weighted by atomic mass is 9.91. The number of carboxylic acid groups (broad SMARTS) is 1. The van der Waals surface area contributed by atoms with Crippen molar-refractivity contribution in [3.8, 4) is 5.75 Å². The van der Waals surface area contributed by atoms with Gasteiger partial charge in [-0.2, -0.15) is 0 Å². The molecule has 4 rings (SSSR count). The third-order valence-corrected chi connectivity index (χ3v) is 7.61. The Bertz CT molecular complexity index is 1450. The van der Waals surface area contributed by atoms with Crippen molar-refractivity contribution in [2.45, 2.75) is 25.9 Å². The topological polar surface area (TPSA) is 136 Å². The first kappa shape index (κ1) is 27.9. The monoisotopic (exact) mass is 567 g/mol. The lowest BCUT2D eigenvalue weighted by Gasteiger charge is -2.30. The molecule has 11 heteroatoms. The van der Waals surface area contributed by atoms with Gasteiger partial charge in [0.05, 0.1) is 15.5 Å². The Labute approximate surface area is 233 Å². The second kappa shape index (κ2) is 12.1. The van der Waals surface area contributed by atoms with Gasteiger partial charge in [-0.25, -0.2) is 4.79 Å². The van der Waals surface area contributed by atoms with Crippen molar-refractivity contribution in [3.63, 3.8) is 0 Å². The number of aromatic hydroxyl groups is 1. The second-order valence-electron chi connectivity index (χ2n) is 8.95. The van der Waals surface area contributed by atoms with E-state index in [1.165, 1.54) is 17.4 Å². The number of halogens is 1. The molecule has 1 atom stereocenters. The van der Waals surface area contributed by atoms with E-state index in [-0.39, 0.29) is 35.3 Å². The van der Waals surface area contributed by atoms with Crippen molar-refractivity contribution in [2.75, 3.05) is 13.1 Å². The first-order valence-corrected chi connectivity index (χ1v) is 13.3. The van der Waals surface area contributed by atoms with E-state index in [4.69, 9.17) is 11.6 Å². The molecule has 1 aromatic heterocycles. The highest BCUT2D eigenvalue weighted by molar-refractivity contribution is 7.12. The van der Waals surface area contributed by atoms with E-state index in [1.807, 2.05) is 0 Å². The van der Waals surface area contributed by atoms with Gasteiger partial charge in [0.1, 0.15) is 11.8 Å². The number of rotatable bonds is 8. The molecule has 0 radical (unpaired) electrons. The van der Waals surface area contributed by atoms with Crippen molar-refractivity contribution < 1.29 is 29.4 Å². The molecule has 4 N–H and O–H groups in total. The molecule has 0 saturated heterocycles. The maximum Gasteiger partial charge on any atom is 0.328 e. The number of amides is 3. The summed E-state index contributed by atoms with van der Waals surface area (Å²) in [5, 5.41) is 26.4. The van der Waals surface area contributed by atoms with Gasteiger partial charge >= 0.3 is 5.97 Å². The molecular formula is C28H26ClN3O6S. The van der Waals surface area contributed by atoms with Gasteiger partial charge in [0.2, 0.25) is 5.91 Å². The van der Waals surface area contributed by atoms with E-state index in [2.05, 4.69) is 10.6 Å². The van der Waals surface area contributed by atoms with Crippen LogP contribution in [0.5, 0.6) is 5.75 Å². The largest absolute Gasteiger partial charge is 0.507 e. The van der Waals surface area contributed by atoms with Crippen molar-refractivity contribution in [3.05, 3.63) is 91.6 Å². The Morgan fingerprint density at radius 1 is 1.15 bits per heavy atom. The number of benzene rings is 2. The van der Waals surface area contributed by atoms with Crippen molar-refractivity contribution in [1.29, 1.82) is 0 Å². The number of thiophene rings is 1. The summed E-state index contributed by atoms with van der Waals surface area (Å²) in [6.07, 6.45) is 3.44. The molecule has 2 aromatic carbocycles. The van der Waals surface area contributed by atoms with Crippen LogP contribution in [-0.2, 0) is 22.6 Å². The average Bonchev–Trinajstić information content (AvgIpc) is 3.45. The van der Waals surface area contributed by atoms with E-state index in [9.17, 15) is 29.4 Å². The van der Waals surface area contributed by atoms with Gasteiger partial charge < -0.3 is 25.7 Å². The number of phenolic OH excluding ortho intramolecular Hbond substituents is 1. The molecule has 2 heterocycles. The van der Waals surface area contributed by atoms with Gasteiger partial charge in [0, 0.05) is 31.3 Å². The minimum atomic E-state index is -1.36. The Morgan fingerprint density at radius 3 is 2.62 bits per heavy atom. The summed E-state index contributed by atoms with van der Waals surface area (Å²) in [4.78, 5) is 51.9. The summed E-state index contributed by atoms with van der Waals surface area (Å²) >= 11 is 7.70. The summed E-state index contributed by atoms with van der Waals surface area (Å²) in [5.74, 6) is -2.54. The number of aliphatic carboxylic acids is 1. The number of nitrogens with one attached hydrogen (secondary N) is 2. The van der Waals surface area contributed by atoms with Crippen LogP contribution in [0.1, 0.15) is 42.3 Å². The minimum absolute atomic E-state index is 0.0776. The van der Waals surface area contributed by atoms with Gasteiger partial charge in [-0.05, 0) is 59.7 Å². The van der Waals surface area contributed by atoms with E-state index in [0.717, 1.165) is 11.1 Å². The van der Waals surface area contributed by atoms with Gasteiger partial charge in [0.15, 0.2) is 0 Å². The van der Waals surface area contributed by atoms with Crippen LogP contribution in [0.25, 0.3) is 6.08 Å². The molecule has 202 valence electrons. The highest BCUT2D eigenvalue weighted by Gasteiger charge is 2.28. The van der Waals surface area contributed by atoms with Crippen LogP contribution >= 0.6 is 22.9 Å². The molecule has 39 heavy (non-hydrogen) atoms. The Hall–Kier alpha value is -4.15. The smallest absolute Gasteiger partial charge is 0.328 e. The number of phenols is 1. The number of para-hydroxylation sites is 1. The van der Waals surface area contributed by atoms with Crippen LogP contribution in [0.3, 0.4) is 0 Å². The molecule has 0 bridgehead atoms. The summed E-state index contributed by atoms with van der Waals surface area (Å²) in [7, 11) is 0. The zero-order valence-corrected chi connectivity index (χ0v) is 22.5. The number of carbonyl (C=O) groups excluding carboxylic acids is 3. The molecule has 1 aliphatic rings. The second-order valence-corrected chi connectivity index (χ2v) is 10.3. The fourth-order valence-electron chi connectivity index (χ4n) is 4.39. The molecule has 9 nitrogen and oxygen atoms in total. The fourth-order valence-corrected chi connectivity index (χ4v) is 5.38. The first-order chi connectivity index (χ1) is 18.7. The zero-order chi connectivity index (χ0) is 28.1. The number of carbonyl (C=O) groups is 4. The summed E-state index contributed by atoms with van der Waals surface area (Å²) in [6, 6.07) is 10.3.